The van der Waals surface area contributed by atoms with E-state index in [4.69, 9.17) is 0 Å². The fourth-order valence-corrected chi connectivity index (χ4v) is 2.92. The Morgan fingerprint density at radius 2 is 2.13 bits per heavy atom. The second-order valence-corrected chi connectivity index (χ2v) is 5.95. The van der Waals surface area contributed by atoms with Gasteiger partial charge in [-0.05, 0) is 38.0 Å². The van der Waals surface area contributed by atoms with Crippen molar-refractivity contribution in [3.05, 3.63) is 53.1 Å². The zero-order valence-corrected chi connectivity index (χ0v) is 13.2. The molecule has 0 fully saturated rings. The highest BCUT2D eigenvalue weighted by atomic mass is 19.1. The van der Waals surface area contributed by atoms with Crippen molar-refractivity contribution in [1.82, 2.24) is 14.5 Å². The van der Waals surface area contributed by atoms with Crippen LogP contribution >= 0.6 is 0 Å². The fraction of sp³-hybridized carbons (Fsp3) is 0.412. The number of hydrogen-bond acceptors (Lipinski definition) is 2. The molecule has 0 unspecified atom stereocenters. The van der Waals surface area contributed by atoms with E-state index >= 15 is 0 Å². The Balaban J connectivity index is 1.84. The first kappa shape index (κ1) is 15.6. The summed E-state index contributed by atoms with van der Waals surface area (Å²) in [6, 6.07) is 2.69. The first-order valence-corrected chi connectivity index (χ1v) is 7.75. The number of carbonyl (C=O) groups excluding carboxylic acids is 1. The van der Waals surface area contributed by atoms with E-state index < -0.39 is 17.7 Å². The summed E-state index contributed by atoms with van der Waals surface area (Å²) in [7, 11) is 1.58. The average Bonchev–Trinajstić information content (AvgIpc) is 2.99. The van der Waals surface area contributed by atoms with Crippen LogP contribution in [-0.4, -0.2) is 27.4 Å². The Morgan fingerprint density at radius 3 is 2.87 bits per heavy atom. The van der Waals surface area contributed by atoms with Gasteiger partial charge in [0, 0.05) is 31.8 Å². The summed E-state index contributed by atoms with van der Waals surface area (Å²) in [5.74, 6) is -0.421. The molecule has 4 nitrogen and oxygen atoms in total. The van der Waals surface area contributed by atoms with E-state index in [1.54, 1.807) is 20.2 Å². The van der Waals surface area contributed by atoms with Crippen LogP contribution in [0.4, 0.5) is 8.78 Å². The third kappa shape index (κ3) is 2.98. The van der Waals surface area contributed by atoms with Gasteiger partial charge in [-0.25, -0.2) is 13.8 Å². The second kappa shape index (κ2) is 6.10. The Hall–Kier alpha value is -2.24. The third-order valence-electron chi connectivity index (χ3n) is 4.44. The summed E-state index contributed by atoms with van der Waals surface area (Å²) in [6.07, 6.45) is 4.77. The van der Waals surface area contributed by atoms with Crippen LogP contribution < -0.4 is 0 Å². The van der Waals surface area contributed by atoms with Gasteiger partial charge in [-0.2, -0.15) is 0 Å². The lowest BCUT2D eigenvalue weighted by Crippen LogP contribution is -2.30. The molecule has 122 valence electrons. The quantitative estimate of drug-likeness (QED) is 0.870. The van der Waals surface area contributed by atoms with E-state index in [1.807, 2.05) is 4.57 Å². The van der Waals surface area contributed by atoms with Gasteiger partial charge < -0.3 is 9.47 Å². The standard InChI is InChI=1S/C17H19F2N3O/c1-11(13-9-12(18)6-7-14(13)19)21(2)17(23)15-10-22-8-4-3-5-16(22)20-15/h6-7,9-11H,3-5,8H2,1-2H3/t11-/m1/s1. The number of nitrogens with zero attached hydrogens (tertiary/aromatic N) is 3. The van der Waals surface area contributed by atoms with Crippen molar-refractivity contribution in [2.24, 2.45) is 0 Å². The number of benzene rings is 1. The van der Waals surface area contributed by atoms with E-state index in [-0.39, 0.29) is 11.5 Å². The Kier molecular flexibility index (Phi) is 4.15. The number of imidazole rings is 1. The summed E-state index contributed by atoms with van der Waals surface area (Å²) < 4.78 is 29.3. The molecule has 23 heavy (non-hydrogen) atoms. The van der Waals surface area contributed by atoms with Crippen molar-refractivity contribution in [2.75, 3.05) is 7.05 Å². The number of fused-ring (bicyclic) bond motifs is 1. The molecule has 0 saturated carbocycles. The normalized spacial score (nSPS) is 15.1. The molecule has 6 heteroatoms. The molecule has 1 atom stereocenters. The molecule has 2 heterocycles. The van der Waals surface area contributed by atoms with Crippen molar-refractivity contribution in [1.29, 1.82) is 0 Å². The summed E-state index contributed by atoms with van der Waals surface area (Å²) in [6.45, 7) is 2.54. The first-order chi connectivity index (χ1) is 11.0. The van der Waals surface area contributed by atoms with Gasteiger partial charge in [-0.15, -0.1) is 0 Å². The van der Waals surface area contributed by atoms with Crippen molar-refractivity contribution in [3.8, 4) is 0 Å². The highest BCUT2D eigenvalue weighted by molar-refractivity contribution is 5.92. The maximum atomic E-state index is 13.9. The molecule has 1 aromatic carbocycles. The summed E-state index contributed by atoms with van der Waals surface area (Å²) in [4.78, 5) is 18.4. The van der Waals surface area contributed by atoms with Gasteiger partial charge >= 0.3 is 0 Å². The van der Waals surface area contributed by atoms with E-state index in [9.17, 15) is 13.6 Å². The fourth-order valence-electron chi connectivity index (χ4n) is 2.92. The average molecular weight is 319 g/mol. The van der Waals surface area contributed by atoms with Gasteiger partial charge in [0.15, 0.2) is 0 Å². The molecule has 1 amide bonds. The predicted octanol–water partition coefficient (Wildman–Crippen LogP) is 3.33. The summed E-state index contributed by atoms with van der Waals surface area (Å²) >= 11 is 0. The van der Waals surface area contributed by atoms with Crippen LogP contribution in [0.25, 0.3) is 0 Å². The summed E-state index contributed by atoms with van der Waals surface area (Å²) in [5.41, 5.74) is 0.512. The van der Waals surface area contributed by atoms with Crippen LogP contribution in [0.2, 0.25) is 0 Å². The molecular weight excluding hydrogens is 300 g/mol. The molecule has 3 rings (SSSR count). The minimum absolute atomic E-state index is 0.157. The van der Waals surface area contributed by atoms with Crippen LogP contribution in [0.5, 0.6) is 0 Å². The molecule has 1 aliphatic heterocycles. The number of aromatic nitrogens is 2. The zero-order chi connectivity index (χ0) is 16.6. The van der Waals surface area contributed by atoms with Gasteiger partial charge in [-0.1, -0.05) is 0 Å². The molecule has 0 bridgehead atoms. The Bertz CT molecular complexity index is 718. The third-order valence-corrected chi connectivity index (χ3v) is 4.44. The van der Waals surface area contributed by atoms with E-state index in [2.05, 4.69) is 4.98 Å². The smallest absolute Gasteiger partial charge is 0.274 e. The van der Waals surface area contributed by atoms with Crippen LogP contribution in [0.1, 0.15) is 47.7 Å². The maximum absolute atomic E-state index is 13.9. The number of halogens is 2. The molecule has 0 N–H and O–H groups in total. The Labute approximate surface area is 133 Å². The zero-order valence-electron chi connectivity index (χ0n) is 13.2. The second-order valence-electron chi connectivity index (χ2n) is 5.95. The van der Waals surface area contributed by atoms with Gasteiger partial charge in [0.1, 0.15) is 23.2 Å². The molecule has 1 aliphatic rings. The lowest BCUT2D eigenvalue weighted by molar-refractivity contribution is 0.0734. The summed E-state index contributed by atoms with van der Waals surface area (Å²) in [5, 5.41) is 0. The first-order valence-electron chi connectivity index (χ1n) is 7.75. The van der Waals surface area contributed by atoms with Crippen molar-refractivity contribution >= 4 is 5.91 Å². The van der Waals surface area contributed by atoms with Gasteiger partial charge in [-0.3, -0.25) is 4.79 Å². The minimum atomic E-state index is -0.586. The SMILES string of the molecule is C[C@H](c1cc(F)ccc1F)N(C)C(=O)c1cn2c(n1)CCCC2. The van der Waals surface area contributed by atoms with Crippen LogP contribution in [-0.2, 0) is 13.0 Å². The van der Waals surface area contributed by atoms with E-state index in [0.29, 0.717) is 5.69 Å². The van der Waals surface area contributed by atoms with E-state index in [0.717, 1.165) is 49.8 Å². The predicted molar refractivity (Wildman–Crippen MR) is 82.0 cm³/mol. The molecular formula is C17H19F2N3O. The molecule has 1 aromatic heterocycles. The topological polar surface area (TPSA) is 38.1 Å². The van der Waals surface area contributed by atoms with Crippen LogP contribution in [0, 0.1) is 11.6 Å². The molecule has 2 aromatic rings. The Morgan fingerprint density at radius 1 is 1.35 bits per heavy atom. The molecule has 0 aliphatic carbocycles. The van der Waals surface area contributed by atoms with Crippen molar-refractivity contribution in [2.45, 2.75) is 38.8 Å². The number of amides is 1. The highest BCUT2D eigenvalue weighted by Gasteiger charge is 2.25. The number of rotatable bonds is 3. The van der Waals surface area contributed by atoms with Gasteiger partial charge in [0.05, 0.1) is 6.04 Å². The monoisotopic (exact) mass is 319 g/mol. The van der Waals surface area contributed by atoms with E-state index in [1.165, 1.54) is 4.90 Å². The molecule has 0 saturated heterocycles. The minimum Gasteiger partial charge on any atom is -0.334 e. The van der Waals surface area contributed by atoms with Gasteiger partial charge in [0.25, 0.3) is 5.91 Å². The molecule has 0 radical (unpaired) electrons. The number of hydrogen-bond donors (Lipinski definition) is 0. The van der Waals surface area contributed by atoms with Crippen molar-refractivity contribution in [3.63, 3.8) is 0 Å². The lowest BCUT2D eigenvalue weighted by atomic mass is 10.1. The van der Waals surface area contributed by atoms with Crippen LogP contribution in [0.3, 0.4) is 0 Å². The highest BCUT2D eigenvalue weighted by Crippen LogP contribution is 2.24. The van der Waals surface area contributed by atoms with Crippen molar-refractivity contribution < 1.29 is 13.6 Å². The number of carbonyl (C=O) groups is 1. The largest absolute Gasteiger partial charge is 0.334 e. The number of aryl methyl sites for hydroxylation is 2. The maximum Gasteiger partial charge on any atom is 0.274 e. The van der Waals surface area contributed by atoms with Crippen LogP contribution in [0.15, 0.2) is 24.4 Å². The van der Waals surface area contributed by atoms with Gasteiger partial charge in [0.2, 0.25) is 0 Å². The lowest BCUT2D eigenvalue weighted by Gasteiger charge is -2.25. The molecule has 0 spiro atoms.